The van der Waals surface area contributed by atoms with Gasteiger partial charge in [-0.15, -0.1) is 0 Å². The van der Waals surface area contributed by atoms with Crippen molar-refractivity contribution in [1.82, 2.24) is 20.4 Å². The summed E-state index contributed by atoms with van der Waals surface area (Å²) in [7, 11) is 3.47. The first-order valence-electron chi connectivity index (χ1n) is 10.7. The standard InChI is InChI=1S/C22H33N5O3/c1-23-22(30)21(7-4-12-28)25(2)15-19-17(16-29)5-3-6-20(19)27-13-18(14-27)26-10-8-24-9-11-26/h3,5-6,12,16,18,21,24H,4,7-11,13-15H2,1-2H3,(H,23,30). The molecule has 8 nitrogen and oxygen atoms in total. The molecule has 2 heterocycles. The Morgan fingerprint density at radius 1 is 1.30 bits per heavy atom. The molecule has 1 amide bonds. The van der Waals surface area contributed by atoms with Crippen LogP contribution in [-0.2, 0) is 16.1 Å². The molecule has 1 atom stereocenters. The molecule has 1 aromatic rings. The van der Waals surface area contributed by atoms with E-state index in [2.05, 4.69) is 26.5 Å². The summed E-state index contributed by atoms with van der Waals surface area (Å²) >= 11 is 0. The summed E-state index contributed by atoms with van der Waals surface area (Å²) in [5.41, 5.74) is 2.65. The van der Waals surface area contributed by atoms with E-state index in [9.17, 15) is 14.4 Å². The van der Waals surface area contributed by atoms with E-state index in [0.717, 1.165) is 63.1 Å². The zero-order valence-corrected chi connectivity index (χ0v) is 18.0. The van der Waals surface area contributed by atoms with E-state index in [1.807, 2.05) is 24.1 Å². The highest BCUT2D eigenvalue weighted by atomic mass is 16.2. The molecule has 8 heteroatoms. The summed E-state index contributed by atoms with van der Waals surface area (Å²) in [6.45, 7) is 6.59. The molecule has 3 rings (SSSR count). The summed E-state index contributed by atoms with van der Waals surface area (Å²) in [6, 6.07) is 5.93. The molecule has 1 unspecified atom stereocenters. The van der Waals surface area contributed by atoms with Crippen molar-refractivity contribution in [3.05, 3.63) is 29.3 Å². The van der Waals surface area contributed by atoms with Gasteiger partial charge in [-0.3, -0.25) is 19.4 Å². The third-order valence-corrected chi connectivity index (χ3v) is 6.23. The van der Waals surface area contributed by atoms with Gasteiger partial charge in [-0.2, -0.15) is 0 Å². The van der Waals surface area contributed by atoms with Gasteiger partial charge in [-0.25, -0.2) is 0 Å². The van der Waals surface area contributed by atoms with Gasteiger partial charge in [0, 0.05) is 76.6 Å². The van der Waals surface area contributed by atoms with Gasteiger partial charge in [0.25, 0.3) is 0 Å². The number of hydrogen-bond donors (Lipinski definition) is 2. The van der Waals surface area contributed by atoms with Crippen LogP contribution in [0.15, 0.2) is 18.2 Å². The molecule has 1 aromatic carbocycles. The van der Waals surface area contributed by atoms with Gasteiger partial charge in [0.15, 0.2) is 0 Å². The van der Waals surface area contributed by atoms with Crippen molar-refractivity contribution in [1.29, 1.82) is 0 Å². The number of nitrogens with zero attached hydrogens (tertiary/aromatic N) is 3. The molecule has 2 N–H and O–H groups in total. The van der Waals surface area contributed by atoms with Gasteiger partial charge in [-0.05, 0) is 25.1 Å². The molecule has 0 aromatic heterocycles. The molecular weight excluding hydrogens is 382 g/mol. The molecule has 2 saturated heterocycles. The van der Waals surface area contributed by atoms with Crippen molar-refractivity contribution in [3.8, 4) is 0 Å². The van der Waals surface area contributed by atoms with Gasteiger partial charge in [0.1, 0.15) is 12.6 Å². The average Bonchev–Trinajstić information content (AvgIpc) is 2.74. The molecule has 2 aliphatic rings. The lowest BCUT2D eigenvalue weighted by atomic mass is 9.98. The van der Waals surface area contributed by atoms with Gasteiger partial charge in [0.2, 0.25) is 5.91 Å². The number of likely N-dealkylation sites (N-methyl/N-ethyl adjacent to an activating group) is 2. The van der Waals surface area contributed by atoms with E-state index in [0.29, 0.717) is 31.0 Å². The highest BCUT2D eigenvalue weighted by Crippen LogP contribution is 2.30. The van der Waals surface area contributed by atoms with Crippen LogP contribution in [0.3, 0.4) is 0 Å². The van der Waals surface area contributed by atoms with Crippen LogP contribution in [0.1, 0.15) is 28.8 Å². The third kappa shape index (κ3) is 5.06. The van der Waals surface area contributed by atoms with E-state index in [-0.39, 0.29) is 5.91 Å². The second kappa shape index (κ2) is 10.7. The van der Waals surface area contributed by atoms with Crippen LogP contribution in [0.25, 0.3) is 0 Å². The maximum Gasteiger partial charge on any atom is 0.237 e. The van der Waals surface area contributed by atoms with E-state index < -0.39 is 6.04 Å². The van der Waals surface area contributed by atoms with Crippen LogP contribution in [-0.4, -0.2) is 93.7 Å². The Bertz CT molecular complexity index is 744. The first-order valence-corrected chi connectivity index (χ1v) is 10.7. The Balaban J connectivity index is 1.74. The molecule has 0 radical (unpaired) electrons. The molecule has 2 aliphatic heterocycles. The number of benzene rings is 1. The Morgan fingerprint density at radius 2 is 2.03 bits per heavy atom. The monoisotopic (exact) mass is 415 g/mol. The van der Waals surface area contributed by atoms with Crippen molar-refractivity contribution in [2.75, 3.05) is 58.3 Å². The number of nitrogens with one attached hydrogen (secondary N) is 2. The number of carbonyl (C=O) groups is 3. The highest BCUT2D eigenvalue weighted by molar-refractivity contribution is 5.83. The minimum absolute atomic E-state index is 0.118. The van der Waals surface area contributed by atoms with Crippen LogP contribution >= 0.6 is 0 Å². The van der Waals surface area contributed by atoms with Gasteiger partial charge < -0.3 is 20.3 Å². The van der Waals surface area contributed by atoms with Crippen molar-refractivity contribution >= 4 is 24.2 Å². The van der Waals surface area contributed by atoms with Crippen LogP contribution in [0.5, 0.6) is 0 Å². The summed E-state index contributed by atoms with van der Waals surface area (Å²) in [5.74, 6) is -0.118. The second-order valence-corrected chi connectivity index (χ2v) is 8.10. The predicted molar refractivity (Wildman–Crippen MR) is 117 cm³/mol. The summed E-state index contributed by atoms with van der Waals surface area (Å²) < 4.78 is 0. The average molecular weight is 416 g/mol. The Hall–Kier alpha value is -2.29. The maximum absolute atomic E-state index is 12.3. The van der Waals surface area contributed by atoms with Crippen molar-refractivity contribution in [3.63, 3.8) is 0 Å². The van der Waals surface area contributed by atoms with Gasteiger partial charge >= 0.3 is 0 Å². The van der Waals surface area contributed by atoms with Crippen molar-refractivity contribution in [2.45, 2.75) is 31.5 Å². The smallest absolute Gasteiger partial charge is 0.237 e. The minimum atomic E-state index is -0.419. The highest BCUT2D eigenvalue weighted by Gasteiger charge is 2.34. The van der Waals surface area contributed by atoms with Gasteiger partial charge in [-0.1, -0.05) is 12.1 Å². The van der Waals surface area contributed by atoms with E-state index >= 15 is 0 Å². The molecule has 0 bridgehead atoms. The third-order valence-electron chi connectivity index (χ3n) is 6.23. The molecule has 0 saturated carbocycles. The number of anilines is 1. The number of aldehydes is 2. The van der Waals surface area contributed by atoms with Crippen LogP contribution in [0.4, 0.5) is 5.69 Å². The first-order chi connectivity index (χ1) is 14.6. The molecular formula is C22H33N5O3. The summed E-state index contributed by atoms with van der Waals surface area (Å²) in [5, 5.41) is 6.08. The number of hydrogen-bond acceptors (Lipinski definition) is 7. The Morgan fingerprint density at radius 3 is 2.67 bits per heavy atom. The fourth-order valence-corrected chi connectivity index (χ4v) is 4.40. The van der Waals surface area contributed by atoms with E-state index in [4.69, 9.17) is 0 Å². The van der Waals surface area contributed by atoms with Crippen LogP contribution in [0, 0.1) is 0 Å². The normalized spacial score (nSPS) is 18.7. The second-order valence-electron chi connectivity index (χ2n) is 8.10. The number of amides is 1. The zero-order chi connectivity index (χ0) is 21.5. The number of carbonyl (C=O) groups excluding carboxylic acids is 3. The molecule has 164 valence electrons. The Kier molecular flexibility index (Phi) is 7.95. The van der Waals surface area contributed by atoms with E-state index in [1.165, 1.54) is 0 Å². The lowest BCUT2D eigenvalue weighted by Crippen LogP contribution is -2.63. The van der Waals surface area contributed by atoms with E-state index in [1.54, 1.807) is 7.05 Å². The fraction of sp³-hybridized carbons (Fsp3) is 0.591. The topological polar surface area (TPSA) is 85.0 Å². The van der Waals surface area contributed by atoms with Crippen molar-refractivity contribution < 1.29 is 14.4 Å². The maximum atomic E-state index is 12.3. The molecule has 30 heavy (non-hydrogen) atoms. The molecule has 2 fully saturated rings. The number of piperazine rings is 1. The minimum Gasteiger partial charge on any atom is -0.368 e. The van der Waals surface area contributed by atoms with Gasteiger partial charge in [0.05, 0.1) is 6.04 Å². The van der Waals surface area contributed by atoms with Crippen LogP contribution in [0.2, 0.25) is 0 Å². The largest absolute Gasteiger partial charge is 0.368 e. The van der Waals surface area contributed by atoms with Crippen molar-refractivity contribution in [2.24, 2.45) is 0 Å². The lowest BCUT2D eigenvalue weighted by molar-refractivity contribution is -0.126. The predicted octanol–water partition coefficient (Wildman–Crippen LogP) is 0.118. The fourth-order valence-electron chi connectivity index (χ4n) is 4.40. The Labute approximate surface area is 178 Å². The molecule has 0 spiro atoms. The zero-order valence-electron chi connectivity index (χ0n) is 18.0. The summed E-state index contributed by atoms with van der Waals surface area (Å²) in [6.07, 6.45) is 2.50. The number of rotatable bonds is 10. The van der Waals surface area contributed by atoms with Crippen LogP contribution < -0.4 is 15.5 Å². The first kappa shape index (κ1) is 22.4. The lowest BCUT2D eigenvalue weighted by Gasteiger charge is -2.48. The quantitative estimate of drug-likeness (QED) is 0.525. The SMILES string of the molecule is CNC(=O)C(CCC=O)N(C)Cc1c(C=O)cccc1N1CC(N2CCNCC2)C1. The summed E-state index contributed by atoms with van der Waals surface area (Å²) in [4.78, 5) is 41.7. The molecule has 0 aliphatic carbocycles.